The van der Waals surface area contributed by atoms with E-state index in [-0.39, 0.29) is 0 Å². The van der Waals surface area contributed by atoms with Crippen LogP contribution in [0.3, 0.4) is 0 Å². The number of anilines is 3. The van der Waals surface area contributed by atoms with E-state index in [0.717, 1.165) is 22.6 Å². The summed E-state index contributed by atoms with van der Waals surface area (Å²) in [5.41, 5.74) is 4.02. The summed E-state index contributed by atoms with van der Waals surface area (Å²) in [5.74, 6) is 0. The summed E-state index contributed by atoms with van der Waals surface area (Å²) in [6, 6.07) is 14.5. The molecule has 0 atom stereocenters. The third-order valence-electron chi connectivity index (χ3n) is 3.88. The van der Waals surface area contributed by atoms with Crippen LogP contribution in [0, 0.1) is 0 Å². The molecule has 126 valence electrons. The molecule has 2 heterocycles. The van der Waals surface area contributed by atoms with E-state index >= 15 is 0 Å². The average molecular weight is 369 g/mol. The maximum atomic E-state index is 11.6. The Morgan fingerprint density at radius 3 is 2.80 bits per heavy atom. The number of nitrogens with one attached hydrogen (secondary N) is 1. The van der Waals surface area contributed by atoms with Crippen molar-refractivity contribution >= 4 is 45.7 Å². The van der Waals surface area contributed by atoms with Crippen molar-refractivity contribution in [2.75, 3.05) is 24.4 Å². The van der Waals surface area contributed by atoms with Gasteiger partial charge in [0.2, 0.25) is 0 Å². The van der Waals surface area contributed by atoms with Gasteiger partial charge in [-0.05, 0) is 24.3 Å². The van der Waals surface area contributed by atoms with Crippen molar-refractivity contribution in [2.45, 2.75) is 9.79 Å². The van der Waals surface area contributed by atoms with E-state index in [4.69, 9.17) is 4.74 Å². The number of hydrogen-bond acceptors (Lipinski definition) is 6. The lowest BCUT2D eigenvalue weighted by molar-refractivity contribution is 0.180. The van der Waals surface area contributed by atoms with Gasteiger partial charge < -0.3 is 10.1 Å². The zero-order valence-electron chi connectivity index (χ0n) is 13.6. The highest BCUT2D eigenvalue weighted by Gasteiger charge is 2.18. The third kappa shape index (κ3) is 2.96. The Bertz CT molecular complexity index is 955. The van der Waals surface area contributed by atoms with E-state index in [1.54, 1.807) is 18.8 Å². The molecule has 25 heavy (non-hydrogen) atoms. The van der Waals surface area contributed by atoms with Gasteiger partial charge in [-0.25, -0.2) is 9.78 Å². The number of methoxy groups -OCH3 is 1. The Balaban J connectivity index is 1.63. The molecule has 1 aliphatic rings. The number of rotatable bonds is 2. The number of thiazole rings is 1. The first kappa shape index (κ1) is 16.0. The molecule has 0 unspecified atom stereocenters. The van der Waals surface area contributed by atoms with Crippen LogP contribution in [0.15, 0.2) is 57.6 Å². The normalized spacial score (nSPS) is 11.9. The first-order valence-corrected chi connectivity index (χ1v) is 9.31. The lowest BCUT2D eigenvalue weighted by atomic mass is 10.1. The number of ether oxygens (including phenoxy) is 1. The van der Waals surface area contributed by atoms with Crippen LogP contribution in [0.25, 0.3) is 11.3 Å². The molecule has 1 amide bonds. The monoisotopic (exact) mass is 369 g/mol. The second kappa shape index (κ2) is 6.42. The zero-order chi connectivity index (χ0) is 17.4. The number of carbonyl (C=O) groups is 1. The van der Waals surface area contributed by atoms with Gasteiger partial charge in [0.1, 0.15) is 0 Å². The topological polar surface area (TPSA) is 54.5 Å². The molecule has 7 heteroatoms. The smallest absolute Gasteiger partial charge is 0.415 e. The molecule has 4 rings (SSSR count). The highest BCUT2D eigenvalue weighted by molar-refractivity contribution is 7.99. The van der Waals surface area contributed by atoms with E-state index in [1.807, 2.05) is 17.5 Å². The van der Waals surface area contributed by atoms with Crippen molar-refractivity contribution in [1.82, 2.24) is 4.98 Å². The number of para-hydroxylation sites is 1. The van der Waals surface area contributed by atoms with Crippen molar-refractivity contribution in [3.8, 4) is 11.3 Å². The molecule has 0 saturated carbocycles. The predicted octanol–water partition coefficient (Wildman–Crippen LogP) is 5.22. The maximum absolute atomic E-state index is 11.6. The minimum absolute atomic E-state index is 0.430. The van der Waals surface area contributed by atoms with Crippen LogP contribution >= 0.6 is 23.1 Å². The van der Waals surface area contributed by atoms with Crippen LogP contribution in [0.4, 0.5) is 21.3 Å². The molecule has 5 nitrogen and oxygen atoms in total. The summed E-state index contributed by atoms with van der Waals surface area (Å²) in [4.78, 5) is 20.0. The quantitative estimate of drug-likeness (QED) is 0.525. The molecule has 1 aromatic heterocycles. The number of benzene rings is 2. The van der Waals surface area contributed by atoms with E-state index in [0.29, 0.717) is 5.13 Å². The molecule has 0 fully saturated rings. The Morgan fingerprint density at radius 1 is 1.16 bits per heavy atom. The molecular formula is C18H15N3O2S2. The molecule has 1 N–H and O–H groups in total. The van der Waals surface area contributed by atoms with Crippen LogP contribution in [-0.2, 0) is 4.74 Å². The first-order chi connectivity index (χ1) is 12.2. The fourth-order valence-corrected chi connectivity index (χ4v) is 4.32. The second-order valence-electron chi connectivity index (χ2n) is 5.48. The Labute approximate surface area is 153 Å². The number of nitrogens with zero attached hydrogens (tertiary/aromatic N) is 2. The van der Waals surface area contributed by atoms with Gasteiger partial charge in [-0.15, -0.1) is 11.3 Å². The van der Waals surface area contributed by atoms with Crippen LogP contribution in [0.2, 0.25) is 0 Å². The minimum atomic E-state index is -0.430. The van der Waals surface area contributed by atoms with Crippen LogP contribution < -0.4 is 10.2 Å². The largest absolute Gasteiger partial charge is 0.452 e. The predicted molar refractivity (Wildman–Crippen MR) is 102 cm³/mol. The average Bonchev–Trinajstić information content (AvgIpc) is 3.14. The van der Waals surface area contributed by atoms with Gasteiger partial charge in [-0.1, -0.05) is 30.0 Å². The van der Waals surface area contributed by atoms with E-state index in [1.165, 1.54) is 33.1 Å². The highest BCUT2D eigenvalue weighted by atomic mass is 32.2. The maximum Gasteiger partial charge on any atom is 0.415 e. The fraction of sp³-hybridized carbons (Fsp3) is 0.111. The standard InChI is InChI=1S/C18H15N3O2S2/c1-21(18(22)23-2)17-20-14(10-24-17)11-7-8-16-13(9-11)19-12-5-3-4-6-15(12)25-16/h3-10,19H,1-2H3. The van der Waals surface area contributed by atoms with Crippen LogP contribution in [0.1, 0.15) is 0 Å². The van der Waals surface area contributed by atoms with Gasteiger partial charge in [-0.3, -0.25) is 4.90 Å². The third-order valence-corrected chi connectivity index (χ3v) is 5.95. The summed E-state index contributed by atoms with van der Waals surface area (Å²) in [6.07, 6.45) is -0.430. The lowest BCUT2D eigenvalue weighted by Gasteiger charge is -2.21. The Hall–Kier alpha value is -2.51. The van der Waals surface area contributed by atoms with Crippen molar-refractivity contribution in [2.24, 2.45) is 0 Å². The Kier molecular flexibility index (Phi) is 4.10. The SMILES string of the molecule is COC(=O)N(C)c1nc(-c2ccc3c(c2)Nc2ccccc2S3)cs1. The van der Waals surface area contributed by atoms with E-state index < -0.39 is 6.09 Å². The summed E-state index contributed by atoms with van der Waals surface area (Å²) >= 11 is 3.16. The van der Waals surface area contributed by atoms with Gasteiger partial charge in [0, 0.05) is 27.8 Å². The van der Waals surface area contributed by atoms with Crippen molar-refractivity contribution in [3.63, 3.8) is 0 Å². The number of carbonyl (C=O) groups excluding carboxylic acids is 1. The molecule has 3 aromatic rings. The molecule has 0 radical (unpaired) electrons. The van der Waals surface area contributed by atoms with E-state index in [9.17, 15) is 4.79 Å². The molecule has 2 aromatic carbocycles. The van der Waals surface area contributed by atoms with Crippen LogP contribution in [0.5, 0.6) is 0 Å². The molecule has 0 saturated heterocycles. The highest BCUT2D eigenvalue weighted by Crippen LogP contribution is 2.45. The molecular weight excluding hydrogens is 354 g/mol. The van der Waals surface area contributed by atoms with Gasteiger partial charge in [0.15, 0.2) is 5.13 Å². The van der Waals surface area contributed by atoms with Gasteiger partial charge in [0.25, 0.3) is 0 Å². The summed E-state index contributed by atoms with van der Waals surface area (Å²) in [7, 11) is 3.01. The first-order valence-electron chi connectivity index (χ1n) is 7.61. The molecule has 0 spiro atoms. The van der Waals surface area contributed by atoms with Crippen molar-refractivity contribution in [1.29, 1.82) is 0 Å². The Morgan fingerprint density at radius 2 is 1.96 bits per heavy atom. The van der Waals surface area contributed by atoms with Crippen molar-refractivity contribution in [3.05, 3.63) is 47.8 Å². The molecule has 1 aliphatic heterocycles. The summed E-state index contributed by atoms with van der Waals surface area (Å²) < 4.78 is 4.73. The fourth-order valence-electron chi connectivity index (χ4n) is 2.56. The number of aromatic nitrogens is 1. The second-order valence-corrected chi connectivity index (χ2v) is 7.40. The summed E-state index contributed by atoms with van der Waals surface area (Å²) in [5, 5.41) is 6.03. The summed E-state index contributed by atoms with van der Waals surface area (Å²) in [6.45, 7) is 0. The van der Waals surface area contributed by atoms with Crippen molar-refractivity contribution < 1.29 is 9.53 Å². The van der Waals surface area contributed by atoms with E-state index in [2.05, 4.69) is 40.6 Å². The van der Waals surface area contributed by atoms with Gasteiger partial charge >= 0.3 is 6.09 Å². The molecule has 0 aliphatic carbocycles. The number of hydrogen-bond donors (Lipinski definition) is 1. The minimum Gasteiger partial charge on any atom is -0.452 e. The zero-order valence-corrected chi connectivity index (χ0v) is 15.3. The van der Waals surface area contributed by atoms with Gasteiger partial charge in [-0.2, -0.15) is 0 Å². The van der Waals surface area contributed by atoms with Crippen LogP contribution in [-0.4, -0.2) is 25.2 Å². The van der Waals surface area contributed by atoms with Gasteiger partial charge in [0.05, 0.1) is 24.2 Å². The number of fused-ring (bicyclic) bond motifs is 2. The lowest BCUT2D eigenvalue weighted by Crippen LogP contribution is -2.25. The molecule has 0 bridgehead atoms. The number of amides is 1.